The monoisotopic (exact) mass is 366 g/mol. The van der Waals surface area contributed by atoms with Gasteiger partial charge < -0.3 is 9.47 Å². The fourth-order valence-corrected chi connectivity index (χ4v) is 3.96. The second-order valence-corrected chi connectivity index (χ2v) is 7.56. The summed E-state index contributed by atoms with van der Waals surface area (Å²) in [7, 11) is 0. The standard InChI is InChI=1S/C25H34O2/c1-4-7-8-11-19-14-15-22-23(18-19)25(27-17-6-3)21-13-10-9-12-20(21)24(22)26-16-5-2/h9-10,12-14H,4-8,11,15-18H2,1-3H3. The lowest BCUT2D eigenvalue weighted by molar-refractivity contribution is 0.309. The molecule has 146 valence electrons. The normalized spacial score (nSPS) is 13.4. The lowest BCUT2D eigenvalue weighted by Crippen LogP contribution is -2.11. The van der Waals surface area contributed by atoms with Crippen LogP contribution < -0.4 is 9.47 Å². The summed E-state index contributed by atoms with van der Waals surface area (Å²) in [6, 6.07) is 8.58. The number of ether oxygens (including phenoxy) is 2. The first-order chi connectivity index (χ1) is 13.3. The van der Waals surface area contributed by atoms with Crippen LogP contribution >= 0.6 is 0 Å². The van der Waals surface area contributed by atoms with E-state index in [0.717, 1.165) is 50.4 Å². The minimum Gasteiger partial charge on any atom is -0.493 e. The van der Waals surface area contributed by atoms with Gasteiger partial charge in [0.25, 0.3) is 0 Å². The van der Waals surface area contributed by atoms with Crippen molar-refractivity contribution in [3.05, 3.63) is 47.0 Å². The molecule has 0 aromatic heterocycles. The third kappa shape index (κ3) is 4.48. The summed E-state index contributed by atoms with van der Waals surface area (Å²) in [6.07, 6.45) is 11.5. The first-order valence-electron chi connectivity index (χ1n) is 10.8. The van der Waals surface area contributed by atoms with Crippen molar-refractivity contribution in [3.8, 4) is 11.5 Å². The maximum Gasteiger partial charge on any atom is 0.131 e. The lowest BCUT2D eigenvalue weighted by atomic mass is 9.85. The molecule has 0 amide bonds. The second-order valence-electron chi connectivity index (χ2n) is 7.56. The van der Waals surface area contributed by atoms with E-state index in [2.05, 4.69) is 51.1 Å². The van der Waals surface area contributed by atoms with Crippen LogP contribution in [0.5, 0.6) is 11.5 Å². The molecule has 1 aliphatic rings. The van der Waals surface area contributed by atoms with Gasteiger partial charge in [-0.05, 0) is 38.5 Å². The highest BCUT2D eigenvalue weighted by Gasteiger charge is 2.24. The number of fused-ring (bicyclic) bond motifs is 2. The van der Waals surface area contributed by atoms with E-state index in [1.807, 2.05) is 0 Å². The van der Waals surface area contributed by atoms with Crippen LogP contribution in [-0.2, 0) is 12.8 Å². The Labute approximate surface area is 164 Å². The van der Waals surface area contributed by atoms with E-state index in [1.54, 1.807) is 5.57 Å². The molecule has 1 aliphatic carbocycles. The van der Waals surface area contributed by atoms with Crippen LogP contribution in [-0.4, -0.2) is 13.2 Å². The third-order valence-electron chi connectivity index (χ3n) is 5.33. The molecule has 0 bridgehead atoms. The van der Waals surface area contributed by atoms with Crippen LogP contribution in [0.3, 0.4) is 0 Å². The number of rotatable bonds is 10. The second kappa shape index (κ2) is 9.82. The van der Waals surface area contributed by atoms with Gasteiger partial charge in [-0.25, -0.2) is 0 Å². The number of allylic oxidation sites excluding steroid dienone is 2. The summed E-state index contributed by atoms with van der Waals surface area (Å²) < 4.78 is 12.6. The van der Waals surface area contributed by atoms with Gasteiger partial charge >= 0.3 is 0 Å². The van der Waals surface area contributed by atoms with Crippen molar-refractivity contribution >= 4 is 10.8 Å². The lowest BCUT2D eigenvalue weighted by Gasteiger charge is -2.26. The molecule has 2 nitrogen and oxygen atoms in total. The zero-order valence-corrected chi connectivity index (χ0v) is 17.3. The van der Waals surface area contributed by atoms with E-state index in [1.165, 1.54) is 47.6 Å². The fourth-order valence-electron chi connectivity index (χ4n) is 3.96. The third-order valence-corrected chi connectivity index (χ3v) is 5.33. The van der Waals surface area contributed by atoms with Gasteiger partial charge in [0.15, 0.2) is 0 Å². The van der Waals surface area contributed by atoms with Gasteiger partial charge in [0.1, 0.15) is 11.5 Å². The first kappa shape index (κ1) is 19.8. The average molecular weight is 367 g/mol. The van der Waals surface area contributed by atoms with Crippen molar-refractivity contribution in [2.24, 2.45) is 0 Å². The topological polar surface area (TPSA) is 18.5 Å². The minimum atomic E-state index is 0.763. The molecule has 0 spiro atoms. The molecule has 2 aromatic rings. The molecular formula is C25H34O2. The van der Waals surface area contributed by atoms with Crippen molar-refractivity contribution in [1.29, 1.82) is 0 Å². The van der Waals surface area contributed by atoms with E-state index in [0.29, 0.717) is 0 Å². The van der Waals surface area contributed by atoms with Gasteiger partial charge in [-0.3, -0.25) is 0 Å². The molecule has 0 saturated heterocycles. The zero-order valence-electron chi connectivity index (χ0n) is 17.3. The van der Waals surface area contributed by atoms with Gasteiger partial charge in [0.05, 0.1) is 13.2 Å². The molecule has 3 rings (SSSR count). The van der Waals surface area contributed by atoms with E-state index >= 15 is 0 Å². The van der Waals surface area contributed by atoms with E-state index in [4.69, 9.17) is 9.47 Å². The molecule has 2 heteroatoms. The van der Waals surface area contributed by atoms with Crippen LogP contribution in [0, 0.1) is 0 Å². The number of hydrogen-bond acceptors (Lipinski definition) is 2. The van der Waals surface area contributed by atoms with Gasteiger partial charge in [0, 0.05) is 21.9 Å². The predicted octanol–water partition coefficient (Wildman–Crippen LogP) is 7.02. The summed E-state index contributed by atoms with van der Waals surface area (Å²) in [5, 5.41) is 2.39. The van der Waals surface area contributed by atoms with Crippen LogP contribution in [0.25, 0.3) is 10.8 Å². The van der Waals surface area contributed by atoms with Crippen molar-refractivity contribution in [3.63, 3.8) is 0 Å². The highest BCUT2D eigenvalue weighted by Crippen LogP contribution is 2.44. The summed E-state index contributed by atoms with van der Waals surface area (Å²) in [6.45, 7) is 8.13. The van der Waals surface area contributed by atoms with Gasteiger partial charge in [-0.1, -0.05) is 69.5 Å². The molecule has 2 aromatic carbocycles. The summed E-state index contributed by atoms with van der Waals surface area (Å²) in [5.41, 5.74) is 4.27. The molecule has 0 heterocycles. The van der Waals surface area contributed by atoms with Gasteiger partial charge in [-0.15, -0.1) is 0 Å². The highest BCUT2D eigenvalue weighted by atomic mass is 16.5. The maximum absolute atomic E-state index is 6.32. The SMILES string of the molecule is CCCCCC1=CCc2c(c(OCCC)c3ccccc3c2OCCC)C1. The van der Waals surface area contributed by atoms with E-state index in [9.17, 15) is 0 Å². The first-order valence-corrected chi connectivity index (χ1v) is 10.8. The molecule has 0 saturated carbocycles. The minimum absolute atomic E-state index is 0.763. The summed E-state index contributed by atoms with van der Waals surface area (Å²) in [5.74, 6) is 2.17. The Morgan fingerprint density at radius 3 is 2.00 bits per heavy atom. The molecule has 0 unspecified atom stereocenters. The van der Waals surface area contributed by atoms with Crippen molar-refractivity contribution in [2.75, 3.05) is 13.2 Å². The smallest absolute Gasteiger partial charge is 0.131 e. The van der Waals surface area contributed by atoms with Crippen LogP contribution in [0.15, 0.2) is 35.9 Å². The maximum atomic E-state index is 6.32. The van der Waals surface area contributed by atoms with Gasteiger partial charge in [0.2, 0.25) is 0 Å². The number of benzene rings is 2. The Morgan fingerprint density at radius 1 is 0.778 bits per heavy atom. The van der Waals surface area contributed by atoms with E-state index < -0.39 is 0 Å². The van der Waals surface area contributed by atoms with Crippen LogP contribution in [0.4, 0.5) is 0 Å². The Hall–Kier alpha value is -1.96. The zero-order chi connectivity index (χ0) is 19.1. The largest absolute Gasteiger partial charge is 0.493 e. The summed E-state index contributed by atoms with van der Waals surface area (Å²) in [4.78, 5) is 0. The van der Waals surface area contributed by atoms with E-state index in [-0.39, 0.29) is 0 Å². The molecule has 0 N–H and O–H groups in total. The van der Waals surface area contributed by atoms with Crippen molar-refractivity contribution < 1.29 is 9.47 Å². The predicted molar refractivity (Wildman–Crippen MR) is 115 cm³/mol. The van der Waals surface area contributed by atoms with Gasteiger partial charge in [-0.2, -0.15) is 0 Å². The Bertz CT molecular complexity index is 789. The molecule has 0 atom stereocenters. The fraction of sp³-hybridized carbons (Fsp3) is 0.520. The molecular weight excluding hydrogens is 332 g/mol. The highest BCUT2D eigenvalue weighted by molar-refractivity contribution is 5.96. The molecule has 0 radical (unpaired) electrons. The van der Waals surface area contributed by atoms with Crippen LogP contribution in [0.2, 0.25) is 0 Å². The number of unbranched alkanes of at least 4 members (excludes halogenated alkanes) is 2. The van der Waals surface area contributed by atoms with Crippen molar-refractivity contribution in [2.45, 2.75) is 72.1 Å². The molecule has 27 heavy (non-hydrogen) atoms. The number of hydrogen-bond donors (Lipinski definition) is 0. The van der Waals surface area contributed by atoms with Crippen molar-refractivity contribution in [1.82, 2.24) is 0 Å². The Morgan fingerprint density at radius 2 is 1.41 bits per heavy atom. The summed E-state index contributed by atoms with van der Waals surface area (Å²) >= 11 is 0. The average Bonchev–Trinajstić information content (AvgIpc) is 2.70. The quantitative estimate of drug-likeness (QED) is 0.332. The Kier molecular flexibility index (Phi) is 7.20. The Balaban J connectivity index is 2.05. The molecule has 0 fully saturated rings. The molecule has 0 aliphatic heterocycles. The van der Waals surface area contributed by atoms with Crippen LogP contribution in [0.1, 0.15) is 70.4 Å².